The van der Waals surface area contributed by atoms with Gasteiger partial charge < -0.3 is 23.9 Å². The Morgan fingerprint density at radius 2 is 2.09 bits per heavy atom. The predicted octanol–water partition coefficient (Wildman–Crippen LogP) is 3.59. The molecule has 2 aliphatic heterocycles. The lowest BCUT2D eigenvalue weighted by atomic mass is 9.95. The number of nitrogens with zero attached hydrogens (tertiary/aromatic N) is 2. The number of aliphatic hydroxyl groups is 1. The molecule has 2 atom stereocenters. The number of methoxy groups -OCH3 is 1. The Bertz CT molecular complexity index is 1210. The second-order valence-corrected chi connectivity index (χ2v) is 7.86. The molecule has 0 aliphatic carbocycles. The van der Waals surface area contributed by atoms with Crippen molar-refractivity contribution in [3.63, 3.8) is 0 Å². The molecule has 3 aromatic rings. The maximum Gasteiger partial charge on any atom is 0.290 e. The molecule has 2 unspecified atom stereocenters. The van der Waals surface area contributed by atoms with Crippen LogP contribution in [0.15, 0.2) is 64.5 Å². The molecule has 0 saturated carbocycles. The molecule has 1 aromatic carbocycles. The van der Waals surface area contributed by atoms with E-state index < -0.39 is 23.5 Å². The average molecular weight is 434 g/mol. The Hall–Kier alpha value is -3.65. The molecule has 0 radical (unpaired) electrons. The summed E-state index contributed by atoms with van der Waals surface area (Å²) >= 11 is 0. The highest BCUT2D eigenvalue weighted by atomic mass is 16.5. The van der Waals surface area contributed by atoms with Gasteiger partial charge in [0.15, 0.2) is 22.9 Å². The Labute approximate surface area is 184 Å². The summed E-state index contributed by atoms with van der Waals surface area (Å²) in [4.78, 5) is 32.1. The van der Waals surface area contributed by atoms with Crippen LogP contribution in [-0.4, -0.2) is 53.0 Å². The highest BCUT2D eigenvalue weighted by Gasteiger charge is 2.45. The zero-order valence-electron chi connectivity index (χ0n) is 17.5. The molecule has 1 saturated heterocycles. The van der Waals surface area contributed by atoms with Crippen molar-refractivity contribution in [2.45, 2.75) is 25.0 Å². The van der Waals surface area contributed by atoms with Crippen LogP contribution >= 0.6 is 0 Å². The predicted molar refractivity (Wildman–Crippen MR) is 114 cm³/mol. The van der Waals surface area contributed by atoms with Gasteiger partial charge in [0.1, 0.15) is 0 Å². The number of fused-ring (bicyclic) bond motifs is 1. The first-order valence-corrected chi connectivity index (χ1v) is 10.5. The van der Waals surface area contributed by atoms with Crippen molar-refractivity contribution in [2.75, 3.05) is 20.3 Å². The number of furan rings is 1. The second-order valence-electron chi connectivity index (χ2n) is 7.86. The van der Waals surface area contributed by atoms with Gasteiger partial charge >= 0.3 is 0 Å². The molecule has 1 fully saturated rings. The Balaban J connectivity index is 1.57. The van der Waals surface area contributed by atoms with E-state index in [0.29, 0.717) is 28.9 Å². The number of ether oxygens (including phenoxy) is 2. The molecule has 8 nitrogen and oxygen atoms in total. The number of amides is 1. The van der Waals surface area contributed by atoms with Crippen molar-refractivity contribution in [2.24, 2.45) is 0 Å². The SMILES string of the molecule is COc1cccc2cc(C(=O)C3=C(O)C(=O)N(CC4CCCO4)C3c3ccncc3)oc12. The van der Waals surface area contributed by atoms with Crippen LogP contribution in [0.2, 0.25) is 0 Å². The second kappa shape index (κ2) is 8.12. The number of para-hydroxylation sites is 1. The summed E-state index contributed by atoms with van der Waals surface area (Å²) in [5.74, 6) is -1.20. The van der Waals surface area contributed by atoms with Gasteiger partial charge in [-0.15, -0.1) is 0 Å². The standard InChI is InChI=1S/C24H22N2O6/c1-30-17-6-2-4-15-12-18(32-23(15)17)21(27)19-20(14-7-9-25-10-8-14)26(24(29)22(19)28)13-16-5-3-11-31-16/h2,4,6-10,12,16,20,28H,3,5,11,13H2,1H3. The summed E-state index contributed by atoms with van der Waals surface area (Å²) in [7, 11) is 1.52. The maximum absolute atomic E-state index is 13.6. The minimum atomic E-state index is -0.766. The molecule has 4 heterocycles. The minimum Gasteiger partial charge on any atom is -0.503 e. The lowest BCUT2D eigenvalue weighted by molar-refractivity contribution is -0.131. The largest absolute Gasteiger partial charge is 0.503 e. The van der Waals surface area contributed by atoms with E-state index in [0.717, 1.165) is 12.8 Å². The number of carbonyl (C=O) groups excluding carboxylic acids is 2. The number of carbonyl (C=O) groups is 2. The van der Waals surface area contributed by atoms with Gasteiger partial charge in [0.2, 0.25) is 5.78 Å². The normalized spacial score (nSPS) is 21.0. The Morgan fingerprint density at radius 3 is 2.81 bits per heavy atom. The van der Waals surface area contributed by atoms with Crippen molar-refractivity contribution in [1.29, 1.82) is 0 Å². The summed E-state index contributed by atoms with van der Waals surface area (Å²) in [6.07, 6.45) is 4.78. The van der Waals surface area contributed by atoms with Crippen LogP contribution in [0.25, 0.3) is 11.0 Å². The number of pyridine rings is 1. The molecule has 32 heavy (non-hydrogen) atoms. The van der Waals surface area contributed by atoms with Gasteiger partial charge in [0.05, 0.1) is 24.8 Å². The van der Waals surface area contributed by atoms with Crippen molar-refractivity contribution in [3.05, 3.63) is 71.4 Å². The van der Waals surface area contributed by atoms with Crippen molar-refractivity contribution in [1.82, 2.24) is 9.88 Å². The molecule has 164 valence electrons. The first kappa shape index (κ1) is 20.3. The molecule has 2 aromatic heterocycles. The van der Waals surface area contributed by atoms with Crippen LogP contribution in [0, 0.1) is 0 Å². The van der Waals surface area contributed by atoms with E-state index in [-0.39, 0.29) is 24.0 Å². The number of aliphatic hydroxyl groups excluding tert-OH is 1. The third-order valence-corrected chi connectivity index (χ3v) is 5.95. The monoisotopic (exact) mass is 434 g/mol. The minimum absolute atomic E-state index is 0.0165. The fourth-order valence-corrected chi connectivity index (χ4v) is 4.42. The molecular formula is C24H22N2O6. The third-order valence-electron chi connectivity index (χ3n) is 5.95. The van der Waals surface area contributed by atoms with Gasteiger partial charge in [-0.05, 0) is 42.7 Å². The molecule has 8 heteroatoms. The zero-order valence-corrected chi connectivity index (χ0v) is 17.5. The highest BCUT2D eigenvalue weighted by molar-refractivity contribution is 6.16. The number of rotatable bonds is 6. The summed E-state index contributed by atoms with van der Waals surface area (Å²) in [6, 6.07) is 9.62. The van der Waals surface area contributed by atoms with Crippen LogP contribution in [0.4, 0.5) is 0 Å². The van der Waals surface area contributed by atoms with Crippen molar-refractivity contribution < 1.29 is 28.6 Å². The maximum atomic E-state index is 13.6. The molecule has 0 bridgehead atoms. The van der Waals surface area contributed by atoms with E-state index in [9.17, 15) is 14.7 Å². The van der Waals surface area contributed by atoms with E-state index >= 15 is 0 Å². The van der Waals surface area contributed by atoms with Crippen molar-refractivity contribution in [3.8, 4) is 5.75 Å². The number of Topliss-reactive ketones (excluding diaryl/α,β-unsaturated/α-hetero) is 1. The summed E-state index contributed by atoms with van der Waals surface area (Å²) in [6.45, 7) is 0.916. The lowest BCUT2D eigenvalue weighted by Gasteiger charge is -2.28. The molecule has 1 N–H and O–H groups in total. The van der Waals surface area contributed by atoms with E-state index in [4.69, 9.17) is 13.9 Å². The first-order chi connectivity index (χ1) is 15.6. The number of hydrogen-bond donors (Lipinski definition) is 1. The van der Waals surface area contributed by atoms with Gasteiger partial charge in [-0.3, -0.25) is 14.6 Å². The number of ketones is 1. The first-order valence-electron chi connectivity index (χ1n) is 10.5. The Kier molecular flexibility index (Phi) is 5.14. The van der Waals surface area contributed by atoms with Crippen LogP contribution in [-0.2, 0) is 9.53 Å². The molecule has 2 aliphatic rings. The lowest BCUT2D eigenvalue weighted by Crippen LogP contribution is -2.37. The summed E-state index contributed by atoms with van der Waals surface area (Å²) < 4.78 is 16.8. The molecular weight excluding hydrogens is 412 g/mol. The fraction of sp³-hybridized carbons (Fsp3) is 0.292. The van der Waals surface area contributed by atoms with Crippen molar-refractivity contribution >= 4 is 22.7 Å². The number of hydrogen-bond acceptors (Lipinski definition) is 7. The van der Waals surface area contributed by atoms with Crippen LogP contribution in [0.5, 0.6) is 5.75 Å². The topological polar surface area (TPSA) is 102 Å². The van der Waals surface area contributed by atoms with E-state index in [2.05, 4.69) is 4.98 Å². The smallest absolute Gasteiger partial charge is 0.290 e. The van der Waals surface area contributed by atoms with Crippen LogP contribution in [0.3, 0.4) is 0 Å². The fourth-order valence-electron chi connectivity index (χ4n) is 4.42. The highest BCUT2D eigenvalue weighted by Crippen LogP contribution is 2.40. The molecule has 0 spiro atoms. The van der Waals surface area contributed by atoms with E-state index in [1.807, 2.05) is 0 Å². The zero-order chi connectivity index (χ0) is 22.2. The molecule has 5 rings (SSSR count). The third kappa shape index (κ3) is 3.33. The quantitative estimate of drug-likeness (QED) is 0.592. The summed E-state index contributed by atoms with van der Waals surface area (Å²) in [5.41, 5.74) is 1.09. The van der Waals surface area contributed by atoms with Gasteiger partial charge in [-0.2, -0.15) is 0 Å². The Morgan fingerprint density at radius 1 is 1.28 bits per heavy atom. The summed E-state index contributed by atoms with van der Waals surface area (Å²) in [5, 5.41) is 11.5. The molecule has 1 amide bonds. The van der Waals surface area contributed by atoms with Gasteiger partial charge in [-0.1, -0.05) is 12.1 Å². The van der Waals surface area contributed by atoms with Gasteiger partial charge in [0.25, 0.3) is 5.91 Å². The van der Waals surface area contributed by atoms with Gasteiger partial charge in [-0.25, -0.2) is 0 Å². The van der Waals surface area contributed by atoms with Crippen LogP contribution < -0.4 is 4.74 Å². The van der Waals surface area contributed by atoms with Gasteiger partial charge in [0, 0.05) is 30.9 Å². The van der Waals surface area contributed by atoms with E-state index in [1.165, 1.54) is 12.0 Å². The number of benzene rings is 1. The average Bonchev–Trinajstić information content (AvgIpc) is 3.54. The number of aromatic nitrogens is 1. The van der Waals surface area contributed by atoms with Crippen LogP contribution in [0.1, 0.15) is 35.0 Å². The van der Waals surface area contributed by atoms with E-state index in [1.54, 1.807) is 48.8 Å².